The molecular weight excluding hydrogens is 291 g/mol. The molecule has 2 aromatic rings. The molecule has 0 aliphatic rings. The molecule has 5 heteroatoms. The van der Waals surface area contributed by atoms with Crippen molar-refractivity contribution in [2.45, 2.75) is 32.9 Å². The number of nitrogens with zero attached hydrogens (tertiary/aromatic N) is 1. The number of hydrogen-bond acceptors (Lipinski definition) is 3. The van der Waals surface area contributed by atoms with Gasteiger partial charge in [0, 0.05) is 29.9 Å². The summed E-state index contributed by atoms with van der Waals surface area (Å²) < 4.78 is 18.9. The third-order valence-electron chi connectivity index (χ3n) is 2.76. The van der Waals surface area contributed by atoms with Crippen molar-refractivity contribution in [3.63, 3.8) is 0 Å². The van der Waals surface area contributed by atoms with Crippen molar-refractivity contribution in [1.82, 2.24) is 10.3 Å². The number of aromatic nitrogens is 1. The summed E-state index contributed by atoms with van der Waals surface area (Å²) in [5.41, 5.74) is 0.916. The zero-order chi connectivity index (χ0) is 15.5. The van der Waals surface area contributed by atoms with Crippen molar-refractivity contribution in [2.75, 3.05) is 0 Å². The predicted octanol–water partition coefficient (Wildman–Crippen LogP) is 4.55. The number of ether oxygens (including phenoxy) is 1. The summed E-state index contributed by atoms with van der Waals surface area (Å²) in [5.74, 6) is 0.466. The molecule has 2 rings (SSSR count). The van der Waals surface area contributed by atoms with Crippen LogP contribution in [0.4, 0.5) is 4.39 Å². The summed E-state index contributed by atoms with van der Waals surface area (Å²) in [7, 11) is 0. The van der Waals surface area contributed by atoms with Gasteiger partial charge >= 0.3 is 0 Å². The molecular formula is C16H18ClFN2O. The fourth-order valence-electron chi connectivity index (χ4n) is 1.66. The summed E-state index contributed by atoms with van der Waals surface area (Å²) in [6.07, 6.45) is 1.65. The van der Waals surface area contributed by atoms with E-state index in [0.717, 1.165) is 5.56 Å². The molecule has 112 valence electrons. The van der Waals surface area contributed by atoms with Gasteiger partial charge in [0.2, 0.25) is 5.88 Å². The number of halogens is 2. The number of nitrogens with one attached hydrogen (secondary N) is 1. The first kappa shape index (κ1) is 15.7. The van der Waals surface area contributed by atoms with Crippen LogP contribution in [0, 0.1) is 5.82 Å². The molecule has 0 saturated carbocycles. The molecule has 0 spiro atoms. The second-order valence-electron chi connectivity index (χ2n) is 5.75. The molecule has 0 unspecified atom stereocenters. The Hall–Kier alpha value is -1.65. The second-order valence-corrected chi connectivity index (χ2v) is 6.16. The molecule has 0 aliphatic carbocycles. The number of benzene rings is 1. The molecule has 0 amide bonds. The molecule has 0 atom stereocenters. The van der Waals surface area contributed by atoms with Crippen LogP contribution in [-0.4, -0.2) is 10.5 Å². The smallest absolute Gasteiger partial charge is 0.223 e. The summed E-state index contributed by atoms with van der Waals surface area (Å²) in [6.45, 7) is 6.89. The van der Waals surface area contributed by atoms with Gasteiger partial charge in [0.15, 0.2) is 0 Å². The lowest BCUT2D eigenvalue weighted by atomic mass is 10.1. The predicted molar refractivity (Wildman–Crippen MR) is 82.3 cm³/mol. The molecule has 0 bridgehead atoms. The van der Waals surface area contributed by atoms with E-state index in [-0.39, 0.29) is 10.6 Å². The first-order chi connectivity index (χ1) is 9.85. The highest BCUT2D eigenvalue weighted by atomic mass is 35.5. The Kier molecular flexibility index (Phi) is 4.80. The van der Waals surface area contributed by atoms with Crippen molar-refractivity contribution in [3.8, 4) is 11.6 Å². The van der Waals surface area contributed by atoms with Gasteiger partial charge in [0.1, 0.15) is 11.6 Å². The van der Waals surface area contributed by atoms with Crippen LogP contribution in [0.15, 0.2) is 36.5 Å². The summed E-state index contributed by atoms with van der Waals surface area (Å²) in [5, 5.41) is 3.40. The normalized spacial score (nSPS) is 11.5. The Bertz CT molecular complexity index is 626. The van der Waals surface area contributed by atoms with E-state index in [9.17, 15) is 4.39 Å². The minimum atomic E-state index is -0.473. The number of pyridine rings is 1. The van der Waals surface area contributed by atoms with Crippen molar-refractivity contribution in [2.24, 2.45) is 0 Å². The summed E-state index contributed by atoms with van der Waals surface area (Å²) >= 11 is 5.75. The van der Waals surface area contributed by atoms with Gasteiger partial charge in [-0.15, -0.1) is 0 Å². The first-order valence-corrected chi connectivity index (χ1v) is 7.05. The van der Waals surface area contributed by atoms with Crippen molar-refractivity contribution in [3.05, 3.63) is 52.9 Å². The topological polar surface area (TPSA) is 34.2 Å². The fourth-order valence-corrected chi connectivity index (χ4v) is 1.83. The summed E-state index contributed by atoms with van der Waals surface area (Å²) in [6, 6.07) is 8.02. The highest BCUT2D eigenvalue weighted by Crippen LogP contribution is 2.27. The number of rotatable bonds is 4. The second kappa shape index (κ2) is 6.41. The van der Waals surface area contributed by atoms with Crippen LogP contribution in [0.1, 0.15) is 26.3 Å². The maximum atomic E-state index is 13.2. The van der Waals surface area contributed by atoms with Gasteiger partial charge in [0.05, 0.1) is 5.02 Å². The van der Waals surface area contributed by atoms with Gasteiger partial charge in [-0.2, -0.15) is 0 Å². The minimum absolute atomic E-state index is 0.00764. The Morgan fingerprint density at radius 1 is 1.29 bits per heavy atom. The van der Waals surface area contributed by atoms with E-state index in [1.165, 1.54) is 18.2 Å². The molecule has 1 N–H and O–H groups in total. The lowest BCUT2D eigenvalue weighted by Crippen LogP contribution is -2.35. The van der Waals surface area contributed by atoms with Gasteiger partial charge in [-0.25, -0.2) is 9.37 Å². The van der Waals surface area contributed by atoms with E-state index < -0.39 is 5.82 Å². The average molecular weight is 309 g/mol. The third-order valence-corrected chi connectivity index (χ3v) is 3.05. The van der Waals surface area contributed by atoms with Crippen LogP contribution < -0.4 is 10.1 Å². The molecule has 0 fully saturated rings. The molecule has 0 saturated heterocycles. The highest BCUT2D eigenvalue weighted by molar-refractivity contribution is 6.30. The minimum Gasteiger partial charge on any atom is -0.439 e. The van der Waals surface area contributed by atoms with Crippen LogP contribution in [-0.2, 0) is 6.54 Å². The van der Waals surface area contributed by atoms with Gasteiger partial charge in [-0.05, 0) is 39.0 Å². The molecule has 1 aromatic heterocycles. The third kappa shape index (κ3) is 4.69. The molecule has 21 heavy (non-hydrogen) atoms. The van der Waals surface area contributed by atoms with E-state index >= 15 is 0 Å². The van der Waals surface area contributed by atoms with Gasteiger partial charge in [-0.1, -0.05) is 17.7 Å². The standard InChI is InChI=1S/C16H18ClFN2O/c1-16(2,3)20-10-11-5-4-8-19-15(11)21-12-6-7-14(18)13(17)9-12/h4-9,20H,10H2,1-3H3. The lowest BCUT2D eigenvalue weighted by molar-refractivity contribution is 0.409. The highest BCUT2D eigenvalue weighted by Gasteiger charge is 2.12. The quantitative estimate of drug-likeness (QED) is 0.899. The molecule has 0 radical (unpaired) electrons. The van der Waals surface area contributed by atoms with E-state index in [1.54, 1.807) is 6.20 Å². The SMILES string of the molecule is CC(C)(C)NCc1cccnc1Oc1ccc(F)c(Cl)c1. The van der Waals surface area contributed by atoms with Crippen molar-refractivity contribution >= 4 is 11.6 Å². The zero-order valence-electron chi connectivity index (χ0n) is 12.3. The average Bonchev–Trinajstić information content (AvgIpc) is 2.41. The molecule has 0 aliphatic heterocycles. The first-order valence-electron chi connectivity index (χ1n) is 6.67. The van der Waals surface area contributed by atoms with Crippen molar-refractivity contribution in [1.29, 1.82) is 0 Å². The Morgan fingerprint density at radius 3 is 2.71 bits per heavy atom. The monoisotopic (exact) mass is 308 g/mol. The molecule has 3 nitrogen and oxygen atoms in total. The van der Waals surface area contributed by atoms with Gasteiger partial charge in [-0.3, -0.25) is 0 Å². The van der Waals surface area contributed by atoms with Crippen LogP contribution >= 0.6 is 11.6 Å². The van der Waals surface area contributed by atoms with Crippen LogP contribution in [0.25, 0.3) is 0 Å². The lowest BCUT2D eigenvalue weighted by Gasteiger charge is -2.21. The molecule has 1 aromatic carbocycles. The van der Waals surface area contributed by atoms with Crippen LogP contribution in [0.3, 0.4) is 0 Å². The number of hydrogen-bond donors (Lipinski definition) is 1. The Balaban J connectivity index is 2.17. The van der Waals surface area contributed by atoms with Crippen molar-refractivity contribution < 1.29 is 9.13 Å². The fraction of sp³-hybridized carbons (Fsp3) is 0.312. The zero-order valence-corrected chi connectivity index (χ0v) is 13.0. The maximum Gasteiger partial charge on any atom is 0.223 e. The van der Waals surface area contributed by atoms with Gasteiger partial charge in [0.25, 0.3) is 0 Å². The Labute approximate surface area is 129 Å². The molecule has 1 heterocycles. The van der Waals surface area contributed by atoms with E-state index in [1.807, 2.05) is 12.1 Å². The Morgan fingerprint density at radius 2 is 2.05 bits per heavy atom. The van der Waals surface area contributed by atoms with E-state index in [4.69, 9.17) is 16.3 Å². The summed E-state index contributed by atoms with van der Waals surface area (Å²) in [4.78, 5) is 4.23. The van der Waals surface area contributed by atoms with Crippen LogP contribution in [0.2, 0.25) is 5.02 Å². The van der Waals surface area contributed by atoms with E-state index in [2.05, 4.69) is 31.1 Å². The maximum absolute atomic E-state index is 13.2. The van der Waals surface area contributed by atoms with Crippen LogP contribution in [0.5, 0.6) is 11.6 Å². The van der Waals surface area contributed by atoms with Gasteiger partial charge < -0.3 is 10.1 Å². The largest absolute Gasteiger partial charge is 0.439 e. The van der Waals surface area contributed by atoms with E-state index in [0.29, 0.717) is 18.2 Å².